The molecule has 1 nitrogen and oxygen atoms in total. The van der Waals surface area contributed by atoms with E-state index in [0.29, 0.717) is 10.0 Å². The van der Waals surface area contributed by atoms with Crippen LogP contribution in [0.3, 0.4) is 0 Å². The minimum atomic E-state index is 0.262. The normalized spacial score (nSPS) is 19.6. The third kappa shape index (κ3) is 2.99. The molecule has 88 valence electrons. The van der Waals surface area contributed by atoms with E-state index in [1.165, 1.54) is 0 Å². The summed E-state index contributed by atoms with van der Waals surface area (Å²) in [6, 6.07) is 5.92. The second-order valence-electron chi connectivity index (χ2n) is 3.93. The van der Waals surface area contributed by atoms with Gasteiger partial charge in [-0.05, 0) is 30.5 Å². The Bertz CT molecular complexity index is 489. The van der Waals surface area contributed by atoms with Crippen LogP contribution in [0.2, 0.25) is 10.0 Å². The van der Waals surface area contributed by atoms with E-state index in [0.717, 1.165) is 24.1 Å². The van der Waals surface area contributed by atoms with E-state index < -0.39 is 0 Å². The number of rotatable bonds is 3. The van der Waals surface area contributed by atoms with Crippen LogP contribution in [-0.4, -0.2) is 11.8 Å². The van der Waals surface area contributed by atoms with Gasteiger partial charge in [0.1, 0.15) is 0 Å². The molecule has 1 unspecified atom stereocenters. The molecule has 3 heteroatoms. The van der Waals surface area contributed by atoms with Crippen molar-refractivity contribution in [2.75, 3.05) is 0 Å². The zero-order chi connectivity index (χ0) is 12.3. The summed E-state index contributed by atoms with van der Waals surface area (Å²) < 4.78 is 0. The van der Waals surface area contributed by atoms with Crippen molar-refractivity contribution in [1.29, 1.82) is 0 Å². The number of allylic oxidation sites excluding steroid dienone is 2. The maximum Gasteiger partial charge on any atom is 0.0690 e. The van der Waals surface area contributed by atoms with Crippen LogP contribution in [0.4, 0.5) is 0 Å². The maximum atomic E-state index is 6.00. The summed E-state index contributed by atoms with van der Waals surface area (Å²) in [4.78, 5) is 4.65. The molecule has 0 aliphatic carbocycles. The second-order valence-corrected chi connectivity index (χ2v) is 4.75. The van der Waals surface area contributed by atoms with Gasteiger partial charge in [-0.15, -0.1) is 0 Å². The summed E-state index contributed by atoms with van der Waals surface area (Å²) in [7, 11) is 0. The van der Waals surface area contributed by atoms with E-state index in [1.807, 2.05) is 24.3 Å². The maximum absolute atomic E-state index is 6.00. The van der Waals surface area contributed by atoms with Gasteiger partial charge in [-0.2, -0.15) is 0 Å². The first-order valence-electron chi connectivity index (χ1n) is 5.52. The number of hydrogen-bond acceptors (Lipinski definition) is 1. The van der Waals surface area contributed by atoms with Gasteiger partial charge in [0.05, 0.1) is 16.1 Å². The van der Waals surface area contributed by atoms with Crippen molar-refractivity contribution in [2.45, 2.75) is 18.9 Å². The lowest BCUT2D eigenvalue weighted by atomic mass is 10.1. The first-order chi connectivity index (χ1) is 8.20. The average Bonchev–Trinajstić information content (AvgIpc) is 2.79. The fraction of sp³-hybridized carbons (Fsp3) is 0.214. The first kappa shape index (κ1) is 12.4. The summed E-state index contributed by atoms with van der Waals surface area (Å²) >= 11 is 11.9. The molecule has 1 aliphatic rings. The SMILES string of the molecule is C=C/C=C/C1CCC(c2ccc(Cl)c(Cl)c2)=N1. The summed E-state index contributed by atoms with van der Waals surface area (Å²) in [6.07, 6.45) is 7.79. The quantitative estimate of drug-likeness (QED) is 0.704. The molecule has 17 heavy (non-hydrogen) atoms. The minimum Gasteiger partial charge on any atom is -0.282 e. The van der Waals surface area contributed by atoms with E-state index in [9.17, 15) is 0 Å². The van der Waals surface area contributed by atoms with E-state index in [2.05, 4.69) is 17.6 Å². The number of hydrogen-bond donors (Lipinski definition) is 0. The highest BCUT2D eigenvalue weighted by molar-refractivity contribution is 6.42. The van der Waals surface area contributed by atoms with Crippen LogP contribution >= 0.6 is 23.2 Å². The smallest absolute Gasteiger partial charge is 0.0690 e. The van der Waals surface area contributed by atoms with Gasteiger partial charge in [0, 0.05) is 5.71 Å². The van der Waals surface area contributed by atoms with Crippen LogP contribution < -0.4 is 0 Å². The van der Waals surface area contributed by atoms with Crippen molar-refractivity contribution < 1.29 is 0 Å². The Hall–Kier alpha value is -1.05. The Labute approximate surface area is 111 Å². The van der Waals surface area contributed by atoms with Crippen molar-refractivity contribution in [1.82, 2.24) is 0 Å². The molecule has 0 bridgehead atoms. The molecule has 0 amide bonds. The van der Waals surface area contributed by atoms with Crippen molar-refractivity contribution in [3.63, 3.8) is 0 Å². The second kappa shape index (κ2) is 5.52. The van der Waals surface area contributed by atoms with Gasteiger partial charge in [-0.25, -0.2) is 0 Å². The van der Waals surface area contributed by atoms with Gasteiger partial charge in [-0.1, -0.05) is 54.1 Å². The Morgan fingerprint density at radius 1 is 1.29 bits per heavy atom. The molecule has 1 aliphatic heterocycles. The van der Waals surface area contributed by atoms with Crippen molar-refractivity contribution in [3.8, 4) is 0 Å². The molecule has 1 aromatic carbocycles. The third-order valence-corrected chi connectivity index (χ3v) is 3.46. The van der Waals surface area contributed by atoms with Crippen LogP contribution in [0.5, 0.6) is 0 Å². The summed E-state index contributed by atoms with van der Waals surface area (Å²) in [5.41, 5.74) is 2.16. The fourth-order valence-corrected chi connectivity index (χ4v) is 2.15. The average molecular weight is 266 g/mol. The molecule has 0 saturated heterocycles. The summed E-state index contributed by atoms with van der Waals surface area (Å²) in [5.74, 6) is 0. The summed E-state index contributed by atoms with van der Waals surface area (Å²) in [5, 5.41) is 1.16. The lowest BCUT2D eigenvalue weighted by Gasteiger charge is -2.02. The number of aliphatic imine (C=N–C) groups is 1. The number of halogens is 2. The fourth-order valence-electron chi connectivity index (χ4n) is 1.85. The molecule has 0 aromatic heterocycles. The monoisotopic (exact) mass is 265 g/mol. The molecule has 1 aromatic rings. The molecule has 0 spiro atoms. The highest BCUT2D eigenvalue weighted by Gasteiger charge is 2.16. The number of nitrogens with zero attached hydrogens (tertiary/aromatic N) is 1. The van der Waals surface area contributed by atoms with Crippen LogP contribution in [0, 0.1) is 0 Å². The molecule has 1 heterocycles. The summed E-state index contributed by atoms with van der Waals surface area (Å²) in [6.45, 7) is 3.65. The molecule has 0 N–H and O–H groups in total. The lowest BCUT2D eigenvalue weighted by Crippen LogP contribution is -1.95. The van der Waals surface area contributed by atoms with Crippen LogP contribution in [-0.2, 0) is 0 Å². The Kier molecular flexibility index (Phi) is 4.03. The third-order valence-electron chi connectivity index (χ3n) is 2.72. The van der Waals surface area contributed by atoms with Gasteiger partial charge >= 0.3 is 0 Å². The highest BCUT2D eigenvalue weighted by atomic mass is 35.5. The van der Waals surface area contributed by atoms with Gasteiger partial charge in [0.2, 0.25) is 0 Å². The van der Waals surface area contributed by atoms with Crippen LogP contribution in [0.1, 0.15) is 18.4 Å². The van der Waals surface area contributed by atoms with Gasteiger partial charge in [0.15, 0.2) is 0 Å². The lowest BCUT2D eigenvalue weighted by molar-refractivity contribution is 0.807. The molecule has 0 radical (unpaired) electrons. The van der Waals surface area contributed by atoms with Gasteiger partial charge < -0.3 is 0 Å². The number of benzene rings is 1. The molecule has 0 fully saturated rings. The molecular weight excluding hydrogens is 253 g/mol. The van der Waals surface area contributed by atoms with Crippen LogP contribution in [0.25, 0.3) is 0 Å². The minimum absolute atomic E-state index is 0.262. The molecule has 2 rings (SSSR count). The van der Waals surface area contributed by atoms with E-state index in [-0.39, 0.29) is 6.04 Å². The van der Waals surface area contributed by atoms with Gasteiger partial charge in [0.25, 0.3) is 0 Å². The Balaban J connectivity index is 2.20. The van der Waals surface area contributed by atoms with Crippen LogP contribution in [0.15, 0.2) is 48.0 Å². The molecule has 1 atom stereocenters. The van der Waals surface area contributed by atoms with E-state index >= 15 is 0 Å². The Morgan fingerprint density at radius 2 is 2.12 bits per heavy atom. The molecule has 0 saturated carbocycles. The predicted molar refractivity (Wildman–Crippen MR) is 75.4 cm³/mol. The highest BCUT2D eigenvalue weighted by Crippen LogP contribution is 2.26. The molecular formula is C14H13Cl2N. The first-order valence-corrected chi connectivity index (χ1v) is 6.27. The van der Waals surface area contributed by atoms with Crippen molar-refractivity contribution >= 4 is 28.9 Å². The zero-order valence-corrected chi connectivity index (χ0v) is 10.9. The van der Waals surface area contributed by atoms with E-state index in [4.69, 9.17) is 23.2 Å². The van der Waals surface area contributed by atoms with Crippen molar-refractivity contribution in [3.05, 3.63) is 58.6 Å². The zero-order valence-electron chi connectivity index (χ0n) is 9.37. The van der Waals surface area contributed by atoms with Gasteiger partial charge in [-0.3, -0.25) is 4.99 Å². The van der Waals surface area contributed by atoms with E-state index in [1.54, 1.807) is 6.08 Å². The van der Waals surface area contributed by atoms with Crippen molar-refractivity contribution in [2.24, 2.45) is 4.99 Å². The largest absolute Gasteiger partial charge is 0.282 e. The standard InChI is InChI=1S/C14H13Cl2N/c1-2-3-4-11-6-8-14(17-11)10-5-7-12(15)13(16)9-10/h2-5,7,9,11H,1,6,8H2/b4-3+. The predicted octanol–water partition coefficient (Wildman–Crippen LogP) is 4.69. The Morgan fingerprint density at radius 3 is 2.82 bits per heavy atom. The topological polar surface area (TPSA) is 12.4 Å².